The summed E-state index contributed by atoms with van der Waals surface area (Å²) in [7, 11) is 0. The Morgan fingerprint density at radius 3 is 2.89 bits per heavy atom. The van der Waals surface area contributed by atoms with E-state index in [0.717, 1.165) is 0 Å². The number of hydrogen-bond acceptors (Lipinski definition) is 5. The van der Waals surface area contributed by atoms with Crippen LogP contribution in [-0.2, 0) is 16.0 Å². The predicted molar refractivity (Wildman–Crippen MR) is 68.2 cm³/mol. The number of carbonyl (C=O) groups excluding carboxylic acids is 2. The zero-order valence-electron chi connectivity index (χ0n) is 10.3. The lowest BCUT2D eigenvalue weighted by Gasteiger charge is -2.06. The van der Waals surface area contributed by atoms with E-state index in [4.69, 9.17) is 9.15 Å². The van der Waals surface area contributed by atoms with E-state index in [0.29, 0.717) is 11.7 Å². The highest BCUT2D eigenvalue weighted by Crippen LogP contribution is 2.25. The highest BCUT2D eigenvalue weighted by atomic mass is 16.5. The van der Waals surface area contributed by atoms with E-state index in [-0.39, 0.29) is 29.7 Å². The number of aldehydes is 1. The first kappa shape index (κ1) is 13.0. The van der Waals surface area contributed by atoms with Gasteiger partial charge in [0.15, 0.2) is 11.3 Å². The van der Waals surface area contributed by atoms with Crippen molar-refractivity contribution in [1.82, 2.24) is 0 Å². The van der Waals surface area contributed by atoms with Crippen LogP contribution in [0, 0.1) is 0 Å². The Morgan fingerprint density at radius 2 is 2.21 bits per heavy atom. The molecule has 0 amide bonds. The maximum absolute atomic E-state index is 11.7. The number of ether oxygens (including phenoxy) is 1. The first-order chi connectivity index (χ1) is 9.15. The molecule has 5 nitrogen and oxygen atoms in total. The summed E-state index contributed by atoms with van der Waals surface area (Å²) in [6.45, 7) is 1.67. The van der Waals surface area contributed by atoms with E-state index in [2.05, 4.69) is 0 Å². The summed E-state index contributed by atoms with van der Waals surface area (Å²) in [5.41, 5.74) is -0.106. The van der Waals surface area contributed by atoms with Gasteiger partial charge >= 0.3 is 11.6 Å². The minimum absolute atomic E-state index is 0.00273. The van der Waals surface area contributed by atoms with Crippen LogP contribution < -0.4 is 10.4 Å². The van der Waals surface area contributed by atoms with Gasteiger partial charge in [0.1, 0.15) is 6.29 Å². The van der Waals surface area contributed by atoms with Crippen molar-refractivity contribution in [3.05, 3.63) is 40.2 Å². The SMILES string of the molecule is CCC(=O)Oc1cccc2cc(CC=O)c(=O)oc12. The van der Waals surface area contributed by atoms with Crippen molar-refractivity contribution in [2.45, 2.75) is 19.8 Å². The van der Waals surface area contributed by atoms with Crippen LogP contribution in [0.25, 0.3) is 11.0 Å². The second-order valence-electron chi connectivity index (χ2n) is 3.93. The number of para-hydroxylation sites is 1. The first-order valence-electron chi connectivity index (χ1n) is 5.85. The summed E-state index contributed by atoms with van der Waals surface area (Å²) in [6, 6.07) is 6.53. The van der Waals surface area contributed by atoms with Gasteiger partial charge in [-0.25, -0.2) is 4.79 Å². The number of hydrogen-bond donors (Lipinski definition) is 0. The lowest BCUT2D eigenvalue weighted by atomic mass is 10.1. The Balaban J connectivity index is 2.56. The van der Waals surface area contributed by atoms with Crippen LogP contribution >= 0.6 is 0 Å². The minimum Gasteiger partial charge on any atom is -0.422 e. The number of fused-ring (bicyclic) bond motifs is 1. The molecule has 0 aliphatic heterocycles. The van der Waals surface area contributed by atoms with Crippen LogP contribution in [0.15, 0.2) is 33.5 Å². The summed E-state index contributed by atoms with van der Waals surface area (Å²) in [4.78, 5) is 33.4. The fourth-order valence-electron chi connectivity index (χ4n) is 1.67. The van der Waals surface area contributed by atoms with E-state index in [1.807, 2.05) is 0 Å². The van der Waals surface area contributed by atoms with Crippen molar-refractivity contribution in [2.75, 3.05) is 0 Å². The number of carbonyl (C=O) groups is 2. The standard InChI is InChI=1S/C14H12O5/c1-2-12(16)18-11-5-3-4-9-8-10(6-7-15)14(17)19-13(9)11/h3-5,7-8H,2,6H2,1H3. The molecule has 1 aromatic heterocycles. The van der Waals surface area contributed by atoms with Gasteiger partial charge in [0.05, 0.1) is 0 Å². The fraction of sp³-hybridized carbons (Fsp3) is 0.214. The van der Waals surface area contributed by atoms with Crippen LogP contribution in [0.2, 0.25) is 0 Å². The molecule has 0 bridgehead atoms. The van der Waals surface area contributed by atoms with Gasteiger partial charge in [-0.1, -0.05) is 19.1 Å². The second kappa shape index (κ2) is 5.48. The molecular weight excluding hydrogens is 248 g/mol. The molecule has 19 heavy (non-hydrogen) atoms. The van der Waals surface area contributed by atoms with Crippen LogP contribution in [0.5, 0.6) is 5.75 Å². The van der Waals surface area contributed by atoms with Crippen molar-refractivity contribution >= 4 is 23.2 Å². The van der Waals surface area contributed by atoms with Crippen molar-refractivity contribution in [1.29, 1.82) is 0 Å². The van der Waals surface area contributed by atoms with Crippen LogP contribution in [0.4, 0.5) is 0 Å². The van der Waals surface area contributed by atoms with Gasteiger partial charge in [-0.2, -0.15) is 0 Å². The quantitative estimate of drug-likeness (QED) is 0.363. The normalized spacial score (nSPS) is 10.4. The van der Waals surface area contributed by atoms with Crippen LogP contribution in [0.3, 0.4) is 0 Å². The average molecular weight is 260 g/mol. The largest absolute Gasteiger partial charge is 0.422 e. The molecule has 2 rings (SSSR count). The number of rotatable bonds is 4. The Bertz CT molecular complexity index is 684. The van der Waals surface area contributed by atoms with E-state index in [9.17, 15) is 14.4 Å². The van der Waals surface area contributed by atoms with Gasteiger partial charge < -0.3 is 13.9 Å². The van der Waals surface area contributed by atoms with Gasteiger partial charge in [0.25, 0.3) is 0 Å². The molecule has 0 saturated carbocycles. The monoisotopic (exact) mass is 260 g/mol. The molecule has 0 aliphatic carbocycles. The second-order valence-corrected chi connectivity index (χ2v) is 3.93. The van der Waals surface area contributed by atoms with Crippen molar-refractivity contribution in [3.8, 4) is 5.75 Å². The molecule has 5 heteroatoms. The summed E-state index contributed by atoms with van der Waals surface area (Å²) in [5, 5.41) is 0.609. The van der Waals surface area contributed by atoms with Crippen molar-refractivity contribution in [3.63, 3.8) is 0 Å². The maximum atomic E-state index is 11.7. The molecule has 0 spiro atoms. The number of esters is 1. The Kier molecular flexibility index (Phi) is 3.75. The van der Waals surface area contributed by atoms with E-state index in [1.54, 1.807) is 31.2 Å². The first-order valence-corrected chi connectivity index (χ1v) is 5.85. The molecule has 2 aromatic rings. The zero-order chi connectivity index (χ0) is 13.8. The van der Waals surface area contributed by atoms with Gasteiger partial charge in [0, 0.05) is 23.8 Å². The lowest BCUT2D eigenvalue weighted by Crippen LogP contribution is -2.09. The van der Waals surface area contributed by atoms with Gasteiger partial charge in [-0.05, 0) is 12.1 Å². The smallest absolute Gasteiger partial charge is 0.340 e. The van der Waals surface area contributed by atoms with Crippen molar-refractivity contribution in [2.24, 2.45) is 0 Å². The van der Waals surface area contributed by atoms with E-state index < -0.39 is 11.6 Å². The molecular formula is C14H12O5. The summed E-state index contributed by atoms with van der Waals surface area (Å²) >= 11 is 0. The predicted octanol–water partition coefficient (Wildman–Crippen LogP) is 1.85. The molecule has 98 valence electrons. The molecule has 0 saturated heterocycles. The summed E-state index contributed by atoms with van der Waals surface area (Å²) in [6.07, 6.45) is 0.861. The average Bonchev–Trinajstić information content (AvgIpc) is 2.40. The van der Waals surface area contributed by atoms with Crippen molar-refractivity contribution < 1.29 is 18.7 Å². The van der Waals surface area contributed by atoms with Crippen LogP contribution in [-0.4, -0.2) is 12.3 Å². The molecule has 0 atom stereocenters. The minimum atomic E-state index is -0.598. The highest BCUT2D eigenvalue weighted by molar-refractivity contribution is 5.86. The van der Waals surface area contributed by atoms with Gasteiger partial charge in [-0.15, -0.1) is 0 Å². The topological polar surface area (TPSA) is 73.6 Å². The Labute approximate surface area is 108 Å². The van der Waals surface area contributed by atoms with Gasteiger partial charge in [0.2, 0.25) is 0 Å². The Morgan fingerprint density at radius 1 is 1.42 bits per heavy atom. The third-order valence-corrected chi connectivity index (χ3v) is 2.61. The third-order valence-electron chi connectivity index (χ3n) is 2.61. The van der Waals surface area contributed by atoms with Crippen LogP contribution in [0.1, 0.15) is 18.9 Å². The zero-order valence-corrected chi connectivity index (χ0v) is 10.3. The molecule has 0 unspecified atom stereocenters. The molecule has 0 fully saturated rings. The molecule has 1 heterocycles. The van der Waals surface area contributed by atoms with E-state index in [1.165, 1.54) is 0 Å². The third kappa shape index (κ3) is 2.70. The molecule has 1 aromatic carbocycles. The summed E-state index contributed by atoms with van der Waals surface area (Å²) in [5.74, 6) is -0.203. The lowest BCUT2D eigenvalue weighted by molar-refractivity contribution is -0.134. The Hall–Kier alpha value is -2.43. The molecule has 0 radical (unpaired) electrons. The van der Waals surface area contributed by atoms with E-state index >= 15 is 0 Å². The summed E-state index contributed by atoms with van der Waals surface area (Å²) < 4.78 is 10.2. The molecule has 0 aliphatic rings. The number of benzene rings is 1. The maximum Gasteiger partial charge on any atom is 0.340 e. The van der Waals surface area contributed by atoms with Gasteiger partial charge in [-0.3, -0.25) is 4.79 Å². The molecule has 0 N–H and O–H groups in total. The highest BCUT2D eigenvalue weighted by Gasteiger charge is 2.11. The fourth-order valence-corrected chi connectivity index (χ4v) is 1.67.